The van der Waals surface area contributed by atoms with Crippen LogP contribution in [0.3, 0.4) is 0 Å². The number of anilines is 1. The van der Waals surface area contributed by atoms with Crippen LogP contribution in [0.2, 0.25) is 0 Å². The first-order valence-electron chi connectivity index (χ1n) is 8.77. The van der Waals surface area contributed by atoms with Crippen molar-refractivity contribution >= 4 is 11.9 Å². The highest BCUT2D eigenvalue weighted by molar-refractivity contribution is 5.91. The fraction of sp³-hybridized carbons (Fsp3) is 0.421. The molecular formula is C19H22N4O2. The number of nitrogens with zero attached hydrogens (tertiary/aromatic N) is 4. The number of piperazine rings is 1. The second-order valence-corrected chi connectivity index (χ2v) is 6.70. The topological polar surface area (TPSA) is 58.6 Å². The van der Waals surface area contributed by atoms with Crippen molar-refractivity contribution in [1.29, 1.82) is 0 Å². The maximum Gasteiger partial charge on any atom is 0.341 e. The summed E-state index contributed by atoms with van der Waals surface area (Å²) in [6.45, 7) is 6.62. The predicted molar refractivity (Wildman–Crippen MR) is 94.5 cm³/mol. The minimum atomic E-state index is -0.312. The molecule has 3 heterocycles. The smallest absolute Gasteiger partial charge is 0.341 e. The molecule has 0 saturated carbocycles. The molecule has 6 heteroatoms. The molecule has 0 N–H and O–H groups in total. The summed E-state index contributed by atoms with van der Waals surface area (Å²) in [5, 5.41) is 0. The van der Waals surface area contributed by atoms with Crippen molar-refractivity contribution in [2.24, 2.45) is 0 Å². The normalized spacial score (nSPS) is 20.9. The van der Waals surface area contributed by atoms with Crippen LogP contribution < -0.4 is 4.90 Å². The summed E-state index contributed by atoms with van der Waals surface area (Å²) in [6.07, 6.45) is 2.15. The van der Waals surface area contributed by atoms with E-state index in [9.17, 15) is 4.79 Å². The highest BCUT2D eigenvalue weighted by Gasteiger charge is 2.27. The highest BCUT2D eigenvalue weighted by Crippen LogP contribution is 2.21. The van der Waals surface area contributed by atoms with Gasteiger partial charge in [0.2, 0.25) is 5.95 Å². The van der Waals surface area contributed by atoms with Crippen molar-refractivity contribution in [2.45, 2.75) is 26.0 Å². The van der Waals surface area contributed by atoms with Gasteiger partial charge in [0, 0.05) is 45.3 Å². The van der Waals surface area contributed by atoms with E-state index in [-0.39, 0.29) is 12.1 Å². The summed E-state index contributed by atoms with van der Waals surface area (Å²) >= 11 is 0. The molecule has 1 fully saturated rings. The fourth-order valence-electron chi connectivity index (χ4n) is 3.39. The van der Waals surface area contributed by atoms with Gasteiger partial charge in [-0.1, -0.05) is 30.3 Å². The maximum absolute atomic E-state index is 11.9. The molecule has 4 rings (SSSR count). The van der Waals surface area contributed by atoms with Crippen molar-refractivity contribution < 1.29 is 9.53 Å². The Morgan fingerprint density at radius 2 is 1.92 bits per heavy atom. The van der Waals surface area contributed by atoms with E-state index in [1.165, 1.54) is 5.56 Å². The molecule has 130 valence electrons. The lowest BCUT2D eigenvalue weighted by Gasteiger charge is -2.35. The van der Waals surface area contributed by atoms with Crippen LogP contribution in [0, 0.1) is 0 Å². The SMILES string of the molecule is CC1Cc2nc(N3CCN(Cc4ccccc4)CC3)ncc2C(=O)O1. The minimum Gasteiger partial charge on any atom is -0.459 e. The van der Waals surface area contributed by atoms with Crippen molar-refractivity contribution in [1.82, 2.24) is 14.9 Å². The Kier molecular flexibility index (Phi) is 4.36. The zero-order chi connectivity index (χ0) is 17.2. The van der Waals surface area contributed by atoms with E-state index in [4.69, 9.17) is 4.74 Å². The van der Waals surface area contributed by atoms with Gasteiger partial charge >= 0.3 is 5.97 Å². The fourth-order valence-corrected chi connectivity index (χ4v) is 3.39. The molecule has 2 aromatic rings. The molecule has 0 spiro atoms. The third kappa shape index (κ3) is 3.49. The Bertz CT molecular complexity index is 757. The van der Waals surface area contributed by atoms with E-state index in [2.05, 4.69) is 44.0 Å². The molecule has 2 aliphatic rings. The number of aromatic nitrogens is 2. The summed E-state index contributed by atoms with van der Waals surface area (Å²) < 4.78 is 5.23. The lowest BCUT2D eigenvalue weighted by molar-refractivity contribution is 0.0296. The predicted octanol–water partition coefficient (Wildman–Crippen LogP) is 1.90. The number of cyclic esters (lactones) is 1. The maximum atomic E-state index is 11.9. The number of carbonyl (C=O) groups excluding carboxylic acids is 1. The van der Waals surface area contributed by atoms with E-state index in [0.29, 0.717) is 12.0 Å². The molecule has 0 amide bonds. The van der Waals surface area contributed by atoms with Gasteiger partial charge in [-0.15, -0.1) is 0 Å². The Labute approximate surface area is 147 Å². The van der Waals surface area contributed by atoms with Gasteiger partial charge in [0.1, 0.15) is 6.10 Å². The Hall–Kier alpha value is -2.47. The number of hydrogen-bond acceptors (Lipinski definition) is 6. The van der Waals surface area contributed by atoms with Crippen molar-refractivity contribution in [3.63, 3.8) is 0 Å². The van der Waals surface area contributed by atoms with Crippen LogP contribution in [0.15, 0.2) is 36.5 Å². The first-order chi connectivity index (χ1) is 12.2. The van der Waals surface area contributed by atoms with Gasteiger partial charge in [-0.3, -0.25) is 4.90 Å². The van der Waals surface area contributed by atoms with Crippen LogP contribution in [0.25, 0.3) is 0 Å². The summed E-state index contributed by atoms with van der Waals surface area (Å²) in [7, 11) is 0. The second kappa shape index (κ2) is 6.80. The number of carbonyl (C=O) groups is 1. The van der Waals surface area contributed by atoms with Gasteiger partial charge in [0.15, 0.2) is 0 Å². The van der Waals surface area contributed by atoms with Gasteiger partial charge in [-0.25, -0.2) is 14.8 Å². The van der Waals surface area contributed by atoms with Crippen LogP contribution >= 0.6 is 0 Å². The molecule has 0 bridgehead atoms. The van der Waals surface area contributed by atoms with Gasteiger partial charge in [0.25, 0.3) is 0 Å². The zero-order valence-corrected chi connectivity index (χ0v) is 14.4. The third-order valence-corrected chi connectivity index (χ3v) is 4.77. The van der Waals surface area contributed by atoms with Crippen LogP contribution in [-0.4, -0.2) is 53.1 Å². The van der Waals surface area contributed by atoms with E-state index in [1.807, 2.05) is 13.0 Å². The Morgan fingerprint density at radius 3 is 2.68 bits per heavy atom. The average molecular weight is 338 g/mol. The molecule has 1 aromatic carbocycles. The molecule has 2 aliphatic heterocycles. The lowest BCUT2D eigenvalue weighted by atomic mass is 10.1. The molecular weight excluding hydrogens is 316 g/mol. The number of esters is 1. The Morgan fingerprint density at radius 1 is 1.16 bits per heavy atom. The largest absolute Gasteiger partial charge is 0.459 e. The standard InChI is InChI=1S/C19H22N4O2/c1-14-11-17-16(18(24)25-14)12-20-19(21-17)23-9-7-22(8-10-23)13-15-5-3-2-4-6-15/h2-6,12,14H,7-11,13H2,1H3. The molecule has 1 atom stereocenters. The minimum absolute atomic E-state index is 0.120. The van der Waals surface area contributed by atoms with Crippen LogP contribution in [0.4, 0.5) is 5.95 Å². The first kappa shape index (κ1) is 16.0. The molecule has 6 nitrogen and oxygen atoms in total. The van der Waals surface area contributed by atoms with E-state index >= 15 is 0 Å². The van der Waals surface area contributed by atoms with E-state index in [0.717, 1.165) is 44.4 Å². The monoisotopic (exact) mass is 338 g/mol. The third-order valence-electron chi connectivity index (χ3n) is 4.77. The number of benzene rings is 1. The molecule has 1 aromatic heterocycles. The molecule has 25 heavy (non-hydrogen) atoms. The summed E-state index contributed by atoms with van der Waals surface area (Å²) in [6, 6.07) is 10.5. The number of ether oxygens (including phenoxy) is 1. The number of rotatable bonds is 3. The van der Waals surface area contributed by atoms with Gasteiger partial charge in [0.05, 0.1) is 11.3 Å². The number of fused-ring (bicyclic) bond motifs is 1. The van der Waals surface area contributed by atoms with E-state index < -0.39 is 0 Å². The quantitative estimate of drug-likeness (QED) is 0.797. The summed E-state index contributed by atoms with van der Waals surface area (Å²) in [5.74, 6) is 0.410. The van der Waals surface area contributed by atoms with Gasteiger partial charge in [-0.05, 0) is 12.5 Å². The average Bonchev–Trinajstić information content (AvgIpc) is 2.62. The Balaban J connectivity index is 1.41. The van der Waals surface area contributed by atoms with E-state index in [1.54, 1.807) is 6.20 Å². The molecule has 0 aliphatic carbocycles. The van der Waals surface area contributed by atoms with Gasteiger partial charge in [-0.2, -0.15) is 0 Å². The second-order valence-electron chi connectivity index (χ2n) is 6.70. The molecule has 1 saturated heterocycles. The number of hydrogen-bond donors (Lipinski definition) is 0. The first-order valence-corrected chi connectivity index (χ1v) is 8.77. The van der Waals surface area contributed by atoms with Crippen LogP contribution in [-0.2, 0) is 17.7 Å². The molecule has 0 radical (unpaired) electrons. The molecule has 1 unspecified atom stereocenters. The van der Waals surface area contributed by atoms with Crippen LogP contribution in [0.5, 0.6) is 0 Å². The zero-order valence-electron chi connectivity index (χ0n) is 14.4. The highest BCUT2D eigenvalue weighted by atomic mass is 16.5. The van der Waals surface area contributed by atoms with Crippen molar-refractivity contribution in [3.8, 4) is 0 Å². The van der Waals surface area contributed by atoms with Gasteiger partial charge < -0.3 is 9.64 Å². The lowest BCUT2D eigenvalue weighted by Crippen LogP contribution is -2.46. The summed E-state index contributed by atoms with van der Waals surface area (Å²) in [4.78, 5) is 25.6. The summed E-state index contributed by atoms with van der Waals surface area (Å²) in [5.41, 5.74) is 2.65. The van der Waals surface area contributed by atoms with Crippen LogP contribution in [0.1, 0.15) is 28.5 Å². The van der Waals surface area contributed by atoms with Crippen molar-refractivity contribution in [2.75, 3.05) is 31.1 Å². The van der Waals surface area contributed by atoms with Crippen molar-refractivity contribution in [3.05, 3.63) is 53.3 Å².